The molecule has 2 rings (SSSR count). The summed E-state index contributed by atoms with van der Waals surface area (Å²) in [5.74, 6) is -0.955. The van der Waals surface area contributed by atoms with E-state index in [1.54, 1.807) is 7.11 Å². The van der Waals surface area contributed by atoms with E-state index in [1.165, 1.54) is 28.6 Å². The Morgan fingerprint density at radius 1 is 1.48 bits per heavy atom. The number of sulfonamides is 1. The van der Waals surface area contributed by atoms with Crippen LogP contribution in [0, 0.1) is 5.92 Å². The van der Waals surface area contributed by atoms with Crippen LogP contribution in [0.1, 0.15) is 23.2 Å². The predicted octanol–water partition coefficient (Wildman–Crippen LogP) is 1.43. The summed E-state index contributed by atoms with van der Waals surface area (Å²) in [7, 11) is -2.05. The van der Waals surface area contributed by atoms with Crippen LogP contribution in [-0.2, 0) is 14.8 Å². The van der Waals surface area contributed by atoms with E-state index < -0.39 is 16.0 Å². The van der Waals surface area contributed by atoms with Crippen LogP contribution in [0.25, 0.3) is 0 Å². The molecule has 7 heteroatoms. The molecule has 116 valence electrons. The monoisotopic (exact) mass is 313 g/mol. The van der Waals surface area contributed by atoms with Gasteiger partial charge in [-0.25, -0.2) is 13.2 Å². The maximum absolute atomic E-state index is 12.6. The molecule has 0 bridgehead atoms. The number of aromatic carboxylic acids is 1. The van der Waals surface area contributed by atoms with Gasteiger partial charge in [-0.15, -0.1) is 0 Å². The van der Waals surface area contributed by atoms with Crippen LogP contribution in [0.2, 0.25) is 0 Å². The van der Waals surface area contributed by atoms with Gasteiger partial charge >= 0.3 is 5.97 Å². The highest BCUT2D eigenvalue weighted by molar-refractivity contribution is 7.89. The third-order valence-electron chi connectivity index (χ3n) is 3.60. The molecule has 0 spiro atoms. The summed E-state index contributed by atoms with van der Waals surface area (Å²) in [5, 5.41) is 8.97. The standard InChI is InChI=1S/C14H19NO5S/c1-20-10-11-4-3-7-15(9-11)21(18,19)13-6-2-5-12(8-13)14(16)17/h2,5-6,8,11H,3-4,7,9-10H2,1H3,(H,16,17). The number of methoxy groups -OCH3 is 1. The topological polar surface area (TPSA) is 83.9 Å². The van der Waals surface area contributed by atoms with Crippen molar-refractivity contribution in [3.05, 3.63) is 29.8 Å². The third kappa shape index (κ3) is 3.61. The lowest BCUT2D eigenvalue weighted by atomic mass is 10.0. The summed E-state index contributed by atoms with van der Waals surface area (Å²) >= 11 is 0. The molecule has 1 fully saturated rings. The molecule has 1 aromatic carbocycles. The molecule has 1 N–H and O–H groups in total. The second-order valence-corrected chi connectivity index (χ2v) is 7.10. The number of hydrogen-bond donors (Lipinski definition) is 1. The first-order valence-corrected chi connectivity index (χ1v) is 8.21. The Balaban J connectivity index is 2.25. The quantitative estimate of drug-likeness (QED) is 0.889. The van der Waals surface area contributed by atoms with Gasteiger partial charge in [-0.05, 0) is 37.0 Å². The Morgan fingerprint density at radius 2 is 2.24 bits per heavy atom. The fraction of sp³-hybridized carbons (Fsp3) is 0.500. The molecule has 1 aliphatic heterocycles. The molecular weight excluding hydrogens is 294 g/mol. The normalized spacial score (nSPS) is 20.3. The summed E-state index contributed by atoms with van der Waals surface area (Å²) in [6, 6.07) is 5.47. The largest absolute Gasteiger partial charge is 0.478 e. The van der Waals surface area contributed by atoms with Gasteiger partial charge in [0.2, 0.25) is 10.0 Å². The van der Waals surface area contributed by atoms with Crippen LogP contribution in [0.5, 0.6) is 0 Å². The molecular formula is C14H19NO5S. The van der Waals surface area contributed by atoms with Crippen LogP contribution in [0.15, 0.2) is 29.2 Å². The molecule has 6 nitrogen and oxygen atoms in total. The minimum atomic E-state index is -3.65. The number of hydrogen-bond acceptors (Lipinski definition) is 4. The Kier molecular flexibility index (Phi) is 4.97. The number of ether oxygens (including phenoxy) is 1. The minimum Gasteiger partial charge on any atom is -0.478 e. The highest BCUT2D eigenvalue weighted by atomic mass is 32.2. The van der Waals surface area contributed by atoms with Gasteiger partial charge < -0.3 is 9.84 Å². The summed E-state index contributed by atoms with van der Waals surface area (Å²) in [5.41, 5.74) is -0.0264. The van der Waals surface area contributed by atoms with Crippen LogP contribution in [0.4, 0.5) is 0 Å². The third-order valence-corrected chi connectivity index (χ3v) is 5.46. The Bertz CT molecular complexity index is 612. The van der Waals surface area contributed by atoms with Crippen molar-refractivity contribution in [2.45, 2.75) is 17.7 Å². The molecule has 1 aliphatic rings. The average Bonchev–Trinajstić information content (AvgIpc) is 2.48. The summed E-state index contributed by atoms with van der Waals surface area (Å²) in [6.07, 6.45) is 1.72. The van der Waals surface area contributed by atoms with Crippen molar-refractivity contribution < 1.29 is 23.1 Å². The van der Waals surface area contributed by atoms with Gasteiger partial charge in [0.1, 0.15) is 0 Å². The molecule has 1 unspecified atom stereocenters. The number of piperidine rings is 1. The number of benzene rings is 1. The van der Waals surface area contributed by atoms with Gasteiger partial charge in [0.15, 0.2) is 0 Å². The van der Waals surface area contributed by atoms with Gasteiger partial charge in [0, 0.05) is 20.2 Å². The van der Waals surface area contributed by atoms with Gasteiger partial charge in [0.05, 0.1) is 17.1 Å². The number of carboxylic acids is 1. The van der Waals surface area contributed by atoms with Crippen LogP contribution < -0.4 is 0 Å². The molecule has 0 aliphatic carbocycles. The van der Waals surface area contributed by atoms with Gasteiger partial charge in [0.25, 0.3) is 0 Å². The first-order valence-electron chi connectivity index (χ1n) is 6.77. The van der Waals surface area contributed by atoms with Crippen molar-refractivity contribution in [2.75, 3.05) is 26.8 Å². The minimum absolute atomic E-state index is 0.0264. The van der Waals surface area contributed by atoms with Crippen molar-refractivity contribution in [3.63, 3.8) is 0 Å². The highest BCUT2D eigenvalue weighted by Crippen LogP contribution is 2.24. The average molecular weight is 313 g/mol. The zero-order valence-electron chi connectivity index (χ0n) is 11.9. The van der Waals surface area contributed by atoms with Crippen LogP contribution in [-0.4, -0.2) is 50.6 Å². The molecule has 1 saturated heterocycles. The van der Waals surface area contributed by atoms with Crippen molar-refractivity contribution in [3.8, 4) is 0 Å². The van der Waals surface area contributed by atoms with E-state index in [1.807, 2.05) is 0 Å². The van der Waals surface area contributed by atoms with Gasteiger partial charge in [-0.2, -0.15) is 4.31 Å². The molecule has 0 radical (unpaired) electrons. The molecule has 0 saturated carbocycles. The molecule has 0 amide bonds. The Hall–Kier alpha value is -1.44. The molecule has 0 aromatic heterocycles. The zero-order valence-corrected chi connectivity index (χ0v) is 12.7. The summed E-state index contributed by atoms with van der Waals surface area (Å²) in [4.78, 5) is 11.0. The smallest absolute Gasteiger partial charge is 0.335 e. The van der Waals surface area contributed by atoms with Gasteiger partial charge in [-0.3, -0.25) is 0 Å². The lowest BCUT2D eigenvalue weighted by molar-refractivity contribution is 0.0696. The number of carbonyl (C=O) groups is 1. The molecule has 21 heavy (non-hydrogen) atoms. The maximum atomic E-state index is 12.6. The molecule has 1 aromatic rings. The summed E-state index contributed by atoms with van der Waals surface area (Å²) < 4.78 is 31.7. The van der Waals surface area contributed by atoms with E-state index in [4.69, 9.17) is 9.84 Å². The number of rotatable bonds is 5. The number of carboxylic acid groups (broad SMARTS) is 1. The van der Waals surface area contributed by atoms with E-state index in [0.29, 0.717) is 19.7 Å². The number of nitrogens with zero attached hydrogens (tertiary/aromatic N) is 1. The highest BCUT2D eigenvalue weighted by Gasteiger charge is 2.30. The van der Waals surface area contributed by atoms with E-state index >= 15 is 0 Å². The van der Waals surface area contributed by atoms with Crippen molar-refractivity contribution in [1.82, 2.24) is 4.31 Å². The Labute approximate surface area is 124 Å². The van der Waals surface area contributed by atoms with E-state index in [0.717, 1.165) is 12.8 Å². The fourth-order valence-corrected chi connectivity index (χ4v) is 4.16. The SMILES string of the molecule is COCC1CCCN(S(=O)(=O)c2cccc(C(=O)O)c2)C1. The van der Waals surface area contributed by atoms with Crippen molar-refractivity contribution in [1.29, 1.82) is 0 Å². The lowest BCUT2D eigenvalue weighted by Gasteiger charge is -2.31. The molecule has 1 heterocycles. The zero-order chi connectivity index (χ0) is 15.5. The second kappa shape index (κ2) is 6.55. The first kappa shape index (κ1) is 15.9. The Morgan fingerprint density at radius 3 is 2.90 bits per heavy atom. The van der Waals surface area contributed by atoms with E-state index in [-0.39, 0.29) is 16.4 Å². The van der Waals surface area contributed by atoms with Crippen molar-refractivity contribution in [2.24, 2.45) is 5.92 Å². The van der Waals surface area contributed by atoms with Gasteiger partial charge in [-0.1, -0.05) is 6.07 Å². The van der Waals surface area contributed by atoms with Crippen molar-refractivity contribution >= 4 is 16.0 Å². The summed E-state index contributed by atoms with van der Waals surface area (Å²) in [6.45, 7) is 1.40. The van der Waals surface area contributed by atoms with E-state index in [2.05, 4.69) is 0 Å². The first-order chi connectivity index (χ1) is 9.95. The lowest BCUT2D eigenvalue weighted by Crippen LogP contribution is -2.41. The molecule has 1 atom stereocenters. The van der Waals surface area contributed by atoms with Crippen LogP contribution >= 0.6 is 0 Å². The maximum Gasteiger partial charge on any atom is 0.335 e. The van der Waals surface area contributed by atoms with Crippen LogP contribution in [0.3, 0.4) is 0 Å². The fourth-order valence-electron chi connectivity index (χ4n) is 2.56. The second-order valence-electron chi connectivity index (χ2n) is 5.16. The predicted molar refractivity (Wildman–Crippen MR) is 76.8 cm³/mol. The van der Waals surface area contributed by atoms with E-state index in [9.17, 15) is 13.2 Å².